The number of aromatic nitrogens is 2. The molecule has 3 aromatic rings. The van der Waals surface area contributed by atoms with E-state index in [0.29, 0.717) is 12.5 Å². The Hall–Kier alpha value is -1.49. The van der Waals surface area contributed by atoms with Crippen LogP contribution in [-0.2, 0) is 22.4 Å². The lowest BCUT2D eigenvalue weighted by molar-refractivity contribution is -0.152. The number of fused-ring (bicyclic) bond motifs is 6. The molecule has 4 heterocycles. The Kier molecular flexibility index (Phi) is 6.54. The van der Waals surface area contributed by atoms with Crippen molar-refractivity contribution < 1.29 is 9.53 Å². The zero-order chi connectivity index (χ0) is 23.2. The second-order valence-electron chi connectivity index (χ2n) is 10.3. The van der Waals surface area contributed by atoms with E-state index in [2.05, 4.69) is 82.4 Å². The van der Waals surface area contributed by atoms with Gasteiger partial charge in [-0.3, -0.25) is 4.79 Å². The number of benzene rings is 1. The first-order valence-electron chi connectivity index (χ1n) is 11.7. The predicted octanol–water partition coefficient (Wildman–Crippen LogP) is 5.17. The summed E-state index contributed by atoms with van der Waals surface area (Å²) in [5, 5.41) is 6.77. The van der Waals surface area contributed by atoms with Gasteiger partial charge >= 0.3 is 5.97 Å². The Balaban J connectivity index is 1.52. The molecule has 1 aromatic carbocycles. The number of ether oxygens (including phenoxy) is 1. The highest BCUT2D eigenvalue weighted by Crippen LogP contribution is 2.34. The van der Waals surface area contributed by atoms with Crippen LogP contribution in [0.15, 0.2) is 23.6 Å². The molecule has 1 fully saturated rings. The molecule has 8 heteroatoms. The van der Waals surface area contributed by atoms with Crippen molar-refractivity contribution in [3.63, 3.8) is 0 Å². The molecular formula is C25H31IN4O2S. The maximum absolute atomic E-state index is 12.9. The SMILES string of the molecule is C[C@H]1Cc2nc(cs2)-c2ccc3[nH]c(I)c(c3c2)CC(C)(C)COC(=O)[C@@H]2CCCN(C1)N2. The normalized spacial score (nSPS) is 26.1. The fourth-order valence-electron chi connectivity index (χ4n) is 4.87. The number of cyclic esters (lactones) is 1. The summed E-state index contributed by atoms with van der Waals surface area (Å²) in [5.41, 5.74) is 7.87. The van der Waals surface area contributed by atoms with Gasteiger partial charge in [-0.15, -0.1) is 11.3 Å². The van der Waals surface area contributed by atoms with Gasteiger partial charge in [0.25, 0.3) is 0 Å². The summed E-state index contributed by atoms with van der Waals surface area (Å²) >= 11 is 4.13. The van der Waals surface area contributed by atoms with Crippen molar-refractivity contribution >= 4 is 50.8 Å². The summed E-state index contributed by atoms with van der Waals surface area (Å²) in [6.45, 7) is 8.85. The van der Waals surface area contributed by atoms with E-state index in [4.69, 9.17) is 9.72 Å². The van der Waals surface area contributed by atoms with Crippen molar-refractivity contribution in [3.8, 4) is 11.3 Å². The minimum atomic E-state index is -0.261. The van der Waals surface area contributed by atoms with Gasteiger partial charge in [-0.1, -0.05) is 26.8 Å². The number of carbonyl (C=O) groups excluding carboxylic acids is 1. The van der Waals surface area contributed by atoms with Gasteiger partial charge in [0, 0.05) is 46.8 Å². The minimum Gasteiger partial charge on any atom is -0.464 e. The van der Waals surface area contributed by atoms with Crippen molar-refractivity contribution in [2.75, 3.05) is 19.7 Å². The monoisotopic (exact) mass is 578 g/mol. The zero-order valence-electron chi connectivity index (χ0n) is 19.4. The minimum absolute atomic E-state index is 0.137. The highest BCUT2D eigenvalue weighted by molar-refractivity contribution is 14.1. The van der Waals surface area contributed by atoms with Crippen molar-refractivity contribution in [1.82, 2.24) is 20.4 Å². The highest BCUT2D eigenvalue weighted by atomic mass is 127. The molecule has 2 aromatic heterocycles. The molecule has 5 rings (SSSR count). The second-order valence-corrected chi connectivity index (χ2v) is 12.4. The smallest absolute Gasteiger partial charge is 0.324 e. The number of nitrogens with zero attached hydrogens (tertiary/aromatic N) is 2. The molecule has 0 amide bonds. The van der Waals surface area contributed by atoms with Gasteiger partial charge in [0.15, 0.2) is 0 Å². The van der Waals surface area contributed by atoms with E-state index in [-0.39, 0.29) is 17.4 Å². The van der Waals surface area contributed by atoms with Crippen LogP contribution in [-0.4, -0.2) is 46.7 Å². The molecule has 2 N–H and O–H groups in total. The van der Waals surface area contributed by atoms with E-state index in [9.17, 15) is 4.79 Å². The van der Waals surface area contributed by atoms with E-state index in [1.807, 2.05) is 0 Å². The lowest BCUT2D eigenvalue weighted by Crippen LogP contribution is -2.54. The number of rotatable bonds is 0. The number of aromatic amines is 1. The van der Waals surface area contributed by atoms with E-state index >= 15 is 0 Å². The van der Waals surface area contributed by atoms with Gasteiger partial charge in [-0.25, -0.2) is 15.4 Å². The molecule has 6 bridgehead atoms. The van der Waals surface area contributed by atoms with Gasteiger partial charge in [0.1, 0.15) is 6.04 Å². The van der Waals surface area contributed by atoms with Crippen molar-refractivity contribution in [2.24, 2.45) is 11.3 Å². The van der Waals surface area contributed by atoms with E-state index in [1.54, 1.807) is 11.3 Å². The van der Waals surface area contributed by atoms with Gasteiger partial charge in [0.05, 0.1) is 21.0 Å². The van der Waals surface area contributed by atoms with Crippen molar-refractivity contribution in [1.29, 1.82) is 0 Å². The van der Waals surface area contributed by atoms with Crippen LogP contribution in [0.5, 0.6) is 0 Å². The number of H-pyrrole nitrogens is 1. The Morgan fingerprint density at radius 1 is 1.33 bits per heavy atom. The first-order chi connectivity index (χ1) is 15.8. The molecule has 2 aliphatic rings. The average Bonchev–Trinajstić information content (AvgIpc) is 3.35. The third kappa shape index (κ3) is 5.13. The third-order valence-corrected chi connectivity index (χ3v) is 8.35. The van der Waals surface area contributed by atoms with Crippen LogP contribution in [0.3, 0.4) is 0 Å². The average molecular weight is 579 g/mol. The molecule has 0 spiro atoms. The maximum Gasteiger partial charge on any atom is 0.324 e. The number of esters is 1. The number of halogens is 1. The first kappa shape index (κ1) is 23.3. The van der Waals surface area contributed by atoms with Gasteiger partial charge in [0.2, 0.25) is 0 Å². The molecule has 0 radical (unpaired) electrons. The third-order valence-electron chi connectivity index (χ3n) is 6.56. The summed E-state index contributed by atoms with van der Waals surface area (Å²) in [7, 11) is 0. The van der Waals surface area contributed by atoms with Crippen LogP contribution in [0.2, 0.25) is 0 Å². The fraction of sp³-hybridized carbons (Fsp3) is 0.520. The number of hydrogen-bond acceptors (Lipinski definition) is 6. The van der Waals surface area contributed by atoms with E-state index < -0.39 is 0 Å². The maximum atomic E-state index is 12.9. The Morgan fingerprint density at radius 2 is 2.18 bits per heavy atom. The standard InChI is InChI=1S/C25H31IN4O2S/c1-15-9-22-27-21(13-33-22)16-6-7-19-17(10-16)18(23(26)28-19)11-25(2,3)14-32-24(31)20-5-4-8-30(12-15)29-20/h6-7,10,13,15,20,28-29H,4-5,8-9,11-12,14H2,1-3H3/t15-,20-/m0/s1. The number of hydrazine groups is 1. The number of hydrogen-bond donors (Lipinski definition) is 2. The van der Waals surface area contributed by atoms with E-state index in [1.165, 1.54) is 10.9 Å². The van der Waals surface area contributed by atoms with Crippen LogP contribution in [0.25, 0.3) is 22.2 Å². The highest BCUT2D eigenvalue weighted by Gasteiger charge is 2.30. The first-order valence-corrected chi connectivity index (χ1v) is 13.7. The van der Waals surface area contributed by atoms with Crippen molar-refractivity contribution in [3.05, 3.63) is 37.9 Å². The summed E-state index contributed by atoms with van der Waals surface area (Å²) in [5.74, 6) is 0.298. The predicted molar refractivity (Wildman–Crippen MR) is 141 cm³/mol. The van der Waals surface area contributed by atoms with Crippen LogP contribution in [0, 0.1) is 15.0 Å². The molecule has 6 nitrogen and oxygen atoms in total. The van der Waals surface area contributed by atoms with Crippen LogP contribution in [0.1, 0.15) is 44.2 Å². The molecule has 0 aliphatic carbocycles. The quantitative estimate of drug-likeness (QED) is 0.285. The summed E-state index contributed by atoms with van der Waals surface area (Å²) in [6, 6.07) is 6.31. The van der Waals surface area contributed by atoms with Gasteiger partial charge in [-0.2, -0.15) is 0 Å². The number of carbonyl (C=O) groups is 1. The number of thiazole rings is 1. The summed E-state index contributed by atoms with van der Waals surface area (Å²) in [4.78, 5) is 21.4. The molecule has 33 heavy (non-hydrogen) atoms. The molecule has 3 atom stereocenters. The van der Waals surface area contributed by atoms with Crippen LogP contribution < -0.4 is 5.43 Å². The molecule has 0 saturated carbocycles. The lowest BCUT2D eigenvalue weighted by atomic mass is 9.86. The fourth-order valence-corrected chi connectivity index (χ4v) is 6.61. The van der Waals surface area contributed by atoms with Crippen LogP contribution in [0.4, 0.5) is 0 Å². The van der Waals surface area contributed by atoms with Gasteiger partial charge < -0.3 is 9.72 Å². The van der Waals surface area contributed by atoms with Gasteiger partial charge in [-0.05, 0) is 65.5 Å². The van der Waals surface area contributed by atoms with E-state index in [0.717, 1.165) is 64.3 Å². The zero-order valence-corrected chi connectivity index (χ0v) is 22.4. The Morgan fingerprint density at radius 3 is 3.03 bits per heavy atom. The molecule has 1 unspecified atom stereocenters. The second kappa shape index (κ2) is 9.28. The topological polar surface area (TPSA) is 70.2 Å². The molecule has 176 valence electrons. The Labute approximate surface area is 212 Å². The number of nitrogens with one attached hydrogen (secondary N) is 2. The van der Waals surface area contributed by atoms with Crippen LogP contribution >= 0.6 is 33.9 Å². The molecular weight excluding hydrogens is 547 g/mol. The summed E-state index contributed by atoms with van der Waals surface area (Å²) in [6.07, 6.45) is 3.58. The van der Waals surface area contributed by atoms with Crippen molar-refractivity contribution in [2.45, 2.75) is 52.5 Å². The Bertz CT molecular complexity index is 1170. The molecule has 1 saturated heterocycles. The summed E-state index contributed by atoms with van der Waals surface area (Å²) < 4.78 is 7.00. The lowest BCUT2D eigenvalue weighted by Gasteiger charge is -2.35. The molecule has 2 aliphatic heterocycles. The largest absolute Gasteiger partial charge is 0.464 e.